The predicted octanol–water partition coefficient (Wildman–Crippen LogP) is 5.71. The zero-order valence-electron chi connectivity index (χ0n) is 20.7. The number of aromatic nitrogens is 2. The molecule has 0 atom stereocenters. The van der Waals surface area contributed by atoms with Gasteiger partial charge in [-0.25, -0.2) is 4.68 Å². The van der Waals surface area contributed by atoms with E-state index in [4.69, 9.17) is 14.6 Å². The van der Waals surface area contributed by atoms with Crippen LogP contribution in [0.2, 0.25) is 0 Å². The standard InChI is InChI=1S/C26H30N4O3S/c1-8-10-27-16(2)18-12-19-22(13-21(18)32-7)33-14-20-23(25(31)29(6)26(3,4)5)28-30(24(19)20)17-9-11-34-15-17/h8-13,15H,14H2,1-7H3/b10-8-,27-16+. The Morgan fingerprint density at radius 1 is 1.35 bits per heavy atom. The van der Waals surface area contributed by atoms with Crippen LogP contribution in [0.4, 0.5) is 0 Å². The van der Waals surface area contributed by atoms with E-state index in [0.29, 0.717) is 17.2 Å². The Bertz CT molecular complexity index is 1280. The van der Waals surface area contributed by atoms with E-state index in [1.54, 1.807) is 36.6 Å². The number of amides is 1. The van der Waals surface area contributed by atoms with Crippen molar-refractivity contribution in [2.75, 3.05) is 14.2 Å². The number of rotatable bonds is 5. The van der Waals surface area contributed by atoms with Crippen molar-refractivity contribution in [2.24, 2.45) is 4.99 Å². The van der Waals surface area contributed by atoms with Crippen LogP contribution in [0.3, 0.4) is 0 Å². The van der Waals surface area contributed by atoms with E-state index in [1.165, 1.54) is 0 Å². The van der Waals surface area contributed by atoms with E-state index >= 15 is 0 Å². The zero-order valence-corrected chi connectivity index (χ0v) is 21.5. The molecule has 0 fully saturated rings. The smallest absolute Gasteiger partial charge is 0.274 e. The van der Waals surface area contributed by atoms with Crippen molar-refractivity contribution >= 4 is 23.0 Å². The summed E-state index contributed by atoms with van der Waals surface area (Å²) in [4.78, 5) is 19.7. The number of hydrogen-bond acceptors (Lipinski definition) is 6. The maximum Gasteiger partial charge on any atom is 0.274 e. The van der Waals surface area contributed by atoms with Crippen molar-refractivity contribution in [3.63, 3.8) is 0 Å². The fourth-order valence-electron chi connectivity index (χ4n) is 3.79. The SMILES string of the molecule is C/C=C\N=C(/C)c1cc2c(cc1OC)OCc1c(C(=O)N(C)C(C)(C)C)nn(-c3ccsc3)c1-2. The fourth-order valence-corrected chi connectivity index (χ4v) is 4.40. The van der Waals surface area contributed by atoms with Gasteiger partial charge in [0.05, 0.1) is 18.5 Å². The highest BCUT2D eigenvalue weighted by Gasteiger charge is 2.34. The van der Waals surface area contributed by atoms with Gasteiger partial charge < -0.3 is 14.4 Å². The van der Waals surface area contributed by atoms with E-state index < -0.39 is 0 Å². The van der Waals surface area contributed by atoms with Crippen LogP contribution in [0.1, 0.15) is 56.2 Å². The molecule has 2 aromatic heterocycles. The highest BCUT2D eigenvalue weighted by molar-refractivity contribution is 7.08. The number of carbonyl (C=O) groups excluding carboxylic acids is 1. The lowest BCUT2D eigenvalue weighted by atomic mass is 9.97. The number of methoxy groups -OCH3 is 1. The monoisotopic (exact) mass is 478 g/mol. The fraction of sp³-hybridized carbons (Fsp3) is 0.346. The summed E-state index contributed by atoms with van der Waals surface area (Å²) in [5.41, 5.74) is 5.12. The molecule has 3 heterocycles. The lowest BCUT2D eigenvalue weighted by Gasteiger charge is -2.31. The van der Waals surface area contributed by atoms with Gasteiger partial charge in [0.1, 0.15) is 18.1 Å². The van der Waals surface area contributed by atoms with Crippen molar-refractivity contribution in [3.05, 3.63) is 58.1 Å². The number of nitrogens with zero attached hydrogens (tertiary/aromatic N) is 4. The molecule has 4 rings (SSSR count). The van der Waals surface area contributed by atoms with Crippen molar-refractivity contribution in [2.45, 2.75) is 46.8 Å². The molecule has 0 saturated carbocycles. The maximum atomic E-state index is 13.5. The van der Waals surface area contributed by atoms with Crippen molar-refractivity contribution in [1.82, 2.24) is 14.7 Å². The molecule has 34 heavy (non-hydrogen) atoms. The van der Waals surface area contributed by atoms with Crippen LogP contribution < -0.4 is 9.47 Å². The number of thiophene rings is 1. The minimum Gasteiger partial charge on any atom is -0.496 e. The molecule has 178 valence electrons. The van der Waals surface area contributed by atoms with Crippen LogP contribution in [0.15, 0.2) is 46.2 Å². The molecule has 1 amide bonds. The molecule has 0 saturated heterocycles. The first-order valence-corrected chi connectivity index (χ1v) is 12.1. The molecule has 7 nitrogen and oxygen atoms in total. The molecular formula is C26H30N4O3S. The Balaban J connectivity index is 1.97. The second-order valence-corrected chi connectivity index (χ2v) is 9.92. The molecule has 1 aromatic carbocycles. The largest absolute Gasteiger partial charge is 0.496 e. The summed E-state index contributed by atoms with van der Waals surface area (Å²) in [5, 5.41) is 8.83. The van der Waals surface area contributed by atoms with Gasteiger partial charge >= 0.3 is 0 Å². The number of benzene rings is 1. The summed E-state index contributed by atoms with van der Waals surface area (Å²) < 4.78 is 13.6. The van der Waals surface area contributed by atoms with Gasteiger partial charge in [-0.15, -0.1) is 0 Å². The average Bonchev–Trinajstić information content (AvgIpc) is 3.48. The lowest BCUT2D eigenvalue weighted by Crippen LogP contribution is -2.43. The van der Waals surface area contributed by atoms with Crippen LogP contribution in [0.25, 0.3) is 16.9 Å². The molecule has 3 aromatic rings. The minimum absolute atomic E-state index is 0.135. The van der Waals surface area contributed by atoms with Crippen LogP contribution in [-0.4, -0.2) is 46.0 Å². The van der Waals surface area contributed by atoms with Crippen molar-refractivity contribution < 1.29 is 14.3 Å². The molecule has 0 N–H and O–H groups in total. The number of aliphatic imine (C=N–C) groups is 1. The van der Waals surface area contributed by atoms with Gasteiger partial charge in [0.15, 0.2) is 5.69 Å². The number of ether oxygens (including phenoxy) is 2. The van der Waals surface area contributed by atoms with Gasteiger partial charge in [-0.1, -0.05) is 6.08 Å². The molecule has 0 aliphatic carbocycles. The molecule has 8 heteroatoms. The molecule has 0 spiro atoms. The van der Waals surface area contributed by atoms with Crippen molar-refractivity contribution in [1.29, 1.82) is 0 Å². The van der Waals surface area contributed by atoms with Crippen LogP contribution in [0.5, 0.6) is 11.5 Å². The molecule has 0 bridgehead atoms. The lowest BCUT2D eigenvalue weighted by molar-refractivity contribution is 0.0646. The first kappa shape index (κ1) is 23.8. The Labute approximate surface area is 204 Å². The van der Waals surface area contributed by atoms with Gasteiger partial charge in [-0.05, 0) is 52.1 Å². The van der Waals surface area contributed by atoms with Crippen LogP contribution in [-0.2, 0) is 6.61 Å². The van der Waals surface area contributed by atoms with Crippen LogP contribution in [0, 0.1) is 0 Å². The summed E-state index contributed by atoms with van der Waals surface area (Å²) in [7, 11) is 3.44. The first-order valence-electron chi connectivity index (χ1n) is 11.1. The highest BCUT2D eigenvalue weighted by Crippen LogP contribution is 2.44. The van der Waals surface area contributed by atoms with E-state index in [1.807, 2.05) is 74.3 Å². The Kier molecular flexibility index (Phi) is 6.36. The van der Waals surface area contributed by atoms with Gasteiger partial charge in [0.25, 0.3) is 5.91 Å². The van der Waals surface area contributed by atoms with Gasteiger partial charge in [-0.3, -0.25) is 9.79 Å². The number of allylic oxidation sites excluding steroid dienone is 1. The Morgan fingerprint density at radius 2 is 2.12 bits per heavy atom. The molecule has 0 radical (unpaired) electrons. The number of hydrogen-bond donors (Lipinski definition) is 0. The minimum atomic E-state index is -0.343. The van der Waals surface area contributed by atoms with Gasteiger partial charge in [0.2, 0.25) is 0 Å². The van der Waals surface area contributed by atoms with E-state index in [2.05, 4.69) is 4.99 Å². The van der Waals surface area contributed by atoms with E-state index in [9.17, 15) is 4.79 Å². The molecule has 1 aliphatic heterocycles. The Hall–Kier alpha value is -3.39. The summed E-state index contributed by atoms with van der Waals surface area (Å²) in [5.74, 6) is 1.23. The maximum absolute atomic E-state index is 13.5. The third kappa shape index (κ3) is 4.14. The molecule has 0 unspecified atom stereocenters. The third-order valence-corrected chi connectivity index (χ3v) is 6.65. The number of fused-ring (bicyclic) bond motifs is 3. The summed E-state index contributed by atoms with van der Waals surface area (Å²) in [6.07, 6.45) is 3.63. The molecular weight excluding hydrogens is 448 g/mol. The second-order valence-electron chi connectivity index (χ2n) is 9.14. The predicted molar refractivity (Wildman–Crippen MR) is 137 cm³/mol. The quantitative estimate of drug-likeness (QED) is 0.440. The Morgan fingerprint density at radius 3 is 2.74 bits per heavy atom. The third-order valence-electron chi connectivity index (χ3n) is 5.98. The van der Waals surface area contributed by atoms with Gasteiger partial charge in [0, 0.05) is 52.6 Å². The summed E-state index contributed by atoms with van der Waals surface area (Å²) in [6.45, 7) is 10.1. The highest BCUT2D eigenvalue weighted by atomic mass is 32.1. The van der Waals surface area contributed by atoms with E-state index in [-0.39, 0.29) is 18.1 Å². The summed E-state index contributed by atoms with van der Waals surface area (Å²) in [6, 6.07) is 5.90. The normalized spacial score (nSPS) is 13.4. The van der Waals surface area contributed by atoms with Crippen LogP contribution >= 0.6 is 11.3 Å². The van der Waals surface area contributed by atoms with Crippen molar-refractivity contribution in [3.8, 4) is 28.4 Å². The second kappa shape index (κ2) is 9.10. The molecule has 1 aliphatic rings. The first-order chi connectivity index (χ1) is 16.2. The van der Waals surface area contributed by atoms with Gasteiger partial charge in [-0.2, -0.15) is 16.4 Å². The number of carbonyl (C=O) groups is 1. The van der Waals surface area contributed by atoms with E-state index in [0.717, 1.165) is 33.8 Å². The average molecular weight is 479 g/mol. The zero-order chi connectivity index (χ0) is 24.6. The topological polar surface area (TPSA) is 69.0 Å². The summed E-state index contributed by atoms with van der Waals surface area (Å²) >= 11 is 1.58.